The number of para-hydroxylation sites is 1. The van der Waals surface area contributed by atoms with E-state index in [2.05, 4.69) is 11.1 Å². The van der Waals surface area contributed by atoms with Gasteiger partial charge in [0.05, 0.1) is 19.7 Å². The van der Waals surface area contributed by atoms with Crippen molar-refractivity contribution in [3.05, 3.63) is 65.4 Å². The van der Waals surface area contributed by atoms with Gasteiger partial charge in [-0.25, -0.2) is 0 Å². The molecule has 2 atom stereocenters. The van der Waals surface area contributed by atoms with Crippen LogP contribution in [0.5, 0.6) is 5.75 Å². The Bertz CT molecular complexity index is 1100. The van der Waals surface area contributed by atoms with Crippen LogP contribution in [-0.2, 0) is 16.0 Å². The van der Waals surface area contributed by atoms with Crippen LogP contribution in [0.15, 0.2) is 48.5 Å². The normalized spacial score (nSPS) is 21.3. The van der Waals surface area contributed by atoms with E-state index in [1.54, 1.807) is 16.9 Å². The van der Waals surface area contributed by atoms with E-state index in [9.17, 15) is 9.59 Å². The molecule has 6 nitrogen and oxygen atoms in total. The molecular weight excluding hydrogens is 366 g/mol. The second-order valence-electron chi connectivity index (χ2n) is 7.61. The van der Waals surface area contributed by atoms with E-state index in [1.165, 1.54) is 0 Å². The molecule has 1 aromatic heterocycles. The highest BCUT2D eigenvalue weighted by Crippen LogP contribution is 2.42. The quantitative estimate of drug-likeness (QED) is 0.749. The van der Waals surface area contributed by atoms with Crippen LogP contribution >= 0.6 is 0 Å². The molecule has 1 saturated heterocycles. The molecule has 1 fully saturated rings. The van der Waals surface area contributed by atoms with Crippen LogP contribution in [0.1, 0.15) is 29.8 Å². The van der Waals surface area contributed by atoms with E-state index in [-0.39, 0.29) is 24.4 Å². The Labute approximate surface area is 169 Å². The van der Waals surface area contributed by atoms with Crippen molar-refractivity contribution in [2.75, 3.05) is 20.2 Å². The average molecular weight is 389 g/mol. The predicted molar refractivity (Wildman–Crippen MR) is 110 cm³/mol. The third-order valence-corrected chi connectivity index (χ3v) is 6.16. The monoisotopic (exact) mass is 389 g/mol. The molecule has 5 rings (SSSR count). The Morgan fingerprint density at radius 1 is 1.10 bits per heavy atom. The van der Waals surface area contributed by atoms with Crippen molar-refractivity contribution in [2.45, 2.75) is 25.4 Å². The van der Waals surface area contributed by atoms with Gasteiger partial charge in [-0.05, 0) is 36.2 Å². The highest BCUT2D eigenvalue weighted by molar-refractivity contribution is 5.97. The van der Waals surface area contributed by atoms with Gasteiger partial charge < -0.3 is 19.5 Å². The van der Waals surface area contributed by atoms with Crippen LogP contribution in [0.25, 0.3) is 10.9 Å². The molecular formula is C23H23N3O3. The first kappa shape index (κ1) is 17.8. The van der Waals surface area contributed by atoms with Gasteiger partial charge in [0.1, 0.15) is 11.8 Å². The predicted octanol–water partition coefficient (Wildman–Crippen LogP) is 2.88. The van der Waals surface area contributed by atoms with Crippen LogP contribution in [0.2, 0.25) is 0 Å². The van der Waals surface area contributed by atoms with Crippen LogP contribution < -0.4 is 4.74 Å². The largest absolute Gasteiger partial charge is 0.497 e. The molecule has 0 aliphatic carbocycles. The second kappa shape index (κ2) is 6.65. The number of nitrogens with one attached hydrogen (secondary N) is 1. The molecule has 3 heterocycles. The zero-order valence-electron chi connectivity index (χ0n) is 16.5. The SMILES string of the molecule is CCN1CC(=O)N2[C@H](c3ccc(OC)cc3)c3[nH]c4ccccc4c3C[C@@H]2C1=O. The summed E-state index contributed by atoms with van der Waals surface area (Å²) in [7, 11) is 1.63. The number of carbonyl (C=O) groups is 2. The fraction of sp³-hybridized carbons (Fsp3) is 0.304. The molecule has 6 heteroatoms. The minimum Gasteiger partial charge on any atom is -0.497 e. The first-order valence-corrected chi connectivity index (χ1v) is 9.95. The summed E-state index contributed by atoms with van der Waals surface area (Å²) in [5, 5.41) is 1.12. The first-order chi connectivity index (χ1) is 14.1. The highest BCUT2D eigenvalue weighted by atomic mass is 16.5. The highest BCUT2D eigenvalue weighted by Gasteiger charge is 2.47. The molecule has 29 heavy (non-hydrogen) atoms. The summed E-state index contributed by atoms with van der Waals surface area (Å²) in [6.07, 6.45) is 0.535. The number of carbonyl (C=O) groups excluding carboxylic acids is 2. The number of aromatic nitrogens is 1. The van der Waals surface area contributed by atoms with Gasteiger partial charge in [0.15, 0.2) is 0 Å². The van der Waals surface area contributed by atoms with Crippen molar-refractivity contribution in [2.24, 2.45) is 0 Å². The van der Waals surface area contributed by atoms with Gasteiger partial charge in [-0.1, -0.05) is 30.3 Å². The molecule has 0 radical (unpaired) electrons. The Kier molecular flexibility index (Phi) is 4.08. The smallest absolute Gasteiger partial charge is 0.246 e. The van der Waals surface area contributed by atoms with Gasteiger partial charge in [-0.2, -0.15) is 0 Å². The zero-order chi connectivity index (χ0) is 20.1. The maximum atomic E-state index is 13.2. The van der Waals surface area contributed by atoms with Crippen molar-refractivity contribution in [3.8, 4) is 5.75 Å². The molecule has 0 spiro atoms. The number of fused-ring (bicyclic) bond motifs is 4. The number of likely N-dealkylation sites (N-methyl/N-ethyl adjacent to an activating group) is 1. The van der Waals surface area contributed by atoms with Crippen molar-refractivity contribution in [3.63, 3.8) is 0 Å². The number of rotatable bonds is 3. The lowest BCUT2D eigenvalue weighted by atomic mass is 9.86. The van der Waals surface area contributed by atoms with E-state index in [4.69, 9.17) is 4.74 Å². The number of hydrogen-bond donors (Lipinski definition) is 1. The summed E-state index contributed by atoms with van der Waals surface area (Å²) >= 11 is 0. The minimum atomic E-state index is -0.477. The van der Waals surface area contributed by atoms with Crippen molar-refractivity contribution >= 4 is 22.7 Å². The molecule has 2 amide bonds. The number of H-pyrrole nitrogens is 1. The van der Waals surface area contributed by atoms with Crippen LogP contribution in [0.4, 0.5) is 0 Å². The van der Waals surface area contributed by atoms with Gasteiger partial charge >= 0.3 is 0 Å². The molecule has 0 saturated carbocycles. The number of hydrogen-bond acceptors (Lipinski definition) is 3. The standard InChI is InChI=1S/C23H23N3O3/c1-3-25-13-20(27)26-19(23(25)28)12-17-16-6-4-5-7-18(16)24-21(17)22(26)14-8-10-15(29-2)11-9-14/h4-11,19,22,24H,3,12-13H2,1-2H3/t19-,22-/m1/s1. The molecule has 2 aromatic carbocycles. The lowest BCUT2D eigenvalue weighted by molar-refractivity contribution is -0.158. The van der Waals surface area contributed by atoms with Crippen LogP contribution in [-0.4, -0.2) is 52.8 Å². The molecule has 0 unspecified atom stereocenters. The number of piperazine rings is 1. The number of aromatic amines is 1. The maximum Gasteiger partial charge on any atom is 0.246 e. The summed E-state index contributed by atoms with van der Waals surface area (Å²) in [4.78, 5) is 33.3. The molecule has 3 aromatic rings. The molecule has 2 aliphatic heterocycles. The fourth-order valence-corrected chi connectivity index (χ4v) is 4.72. The Morgan fingerprint density at radius 3 is 2.59 bits per heavy atom. The van der Waals surface area contributed by atoms with Crippen molar-refractivity contribution in [1.29, 1.82) is 0 Å². The van der Waals surface area contributed by atoms with Gasteiger partial charge in [0, 0.05) is 29.6 Å². The third-order valence-electron chi connectivity index (χ3n) is 6.16. The number of methoxy groups -OCH3 is 1. The van der Waals surface area contributed by atoms with Gasteiger partial charge in [0.25, 0.3) is 0 Å². The molecule has 2 aliphatic rings. The Hall–Kier alpha value is -3.28. The van der Waals surface area contributed by atoms with Gasteiger partial charge in [0.2, 0.25) is 11.8 Å². The number of benzene rings is 2. The molecule has 148 valence electrons. The Morgan fingerprint density at radius 2 is 1.86 bits per heavy atom. The summed E-state index contributed by atoms with van der Waals surface area (Å²) in [5.74, 6) is 0.777. The van der Waals surface area contributed by atoms with E-state index < -0.39 is 6.04 Å². The third kappa shape index (κ3) is 2.63. The van der Waals surface area contributed by atoms with E-state index in [0.717, 1.165) is 33.5 Å². The summed E-state index contributed by atoms with van der Waals surface area (Å²) in [6, 6.07) is 15.1. The minimum absolute atomic E-state index is 0.0124. The lowest BCUT2D eigenvalue weighted by Crippen LogP contribution is -2.62. The second-order valence-corrected chi connectivity index (χ2v) is 7.61. The Balaban J connectivity index is 1.71. The lowest BCUT2D eigenvalue weighted by Gasteiger charge is -2.47. The van der Waals surface area contributed by atoms with E-state index >= 15 is 0 Å². The average Bonchev–Trinajstić information content (AvgIpc) is 3.13. The molecule has 1 N–H and O–H groups in total. The fourth-order valence-electron chi connectivity index (χ4n) is 4.72. The van der Waals surface area contributed by atoms with Gasteiger partial charge in [-0.15, -0.1) is 0 Å². The summed E-state index contributed by atoms with van der Waals surface area (Å²) < 4.78 is 5.30. The number of nitrogens with zero attached hydrogens (tertiary/aromatic N) is 2. The van der Waals surface area contributed by atoms with Crippen molar-refractivity contribution < 1.29 is 14.3 Å². The van der Waals surface area contributed by atoms with E-state index in [0.29, 0.717) is 13.0 Å². The summed E-state index contributed by atoms with van der Waals surface area (Å²) in [5.41, 5.74) is 4.12. The van der Waals surface area contributed by atoms with Crippen LogP contribution in [0.3, 0.4) is 0 Å². The summed E-state index contributed by atoms with van der Waals surface area (Å²) in [6.45, 7) is 2.60. The van der Waals surface area contributed by atoms with Crippen molar-refractivity contribution in [1.82, 2.24) is 14.8 Å². The van der Waals surface area contributed by atoms with Gasteiger partial charge in [-0.3, -0.25) is 9.59 Å². The zero-order valence-corrected chi connectivity index (χ0v) is 16.5. The first-order valence-electron chi connectivity index (χ1n) is 9.95. The number of amides is 2. The maximum absolute atomic E-state index is 13.2. The van der Waals surface area contributed by atoms with E-state index in [1.807, 2.05) is 49.4 Å². The number of ether oxygens (including phenoxy) is 1. The van der Waals surface area contributed by atoms with Crippen LogP contribution in [0, 0.1) is 0 Å². The molecule has 0 bridgehead atoms. The topological polar surface area (TPSA) is 65.6 Å².